The van der Waals surface area contributed by atoms with Crippen molar-refractivity contribution in [3.8, 4) is 0 Å². The minimum Gasteiger partial charge on any atom is -0.359 e. The van der Waals surface area contributed by atoms with Crippen LogP contribution in [0.1, 0.15) is 42.1 Å². The van der Waals surface area contributed by atoms with Crippen LogP contribution in [0, 0.1) is 0 Å². The van der Waals surface area contributed by atoms with E-state index in [0.29, 0.717) is 0 Å². The van der Waals surface area contributed by atoms with Crippen LogP contribution < -0.4 is 5.32 Å². The number of hydrogen-bond acceptors (Lipinski definition) is 2. The molecule has 1 aliphatic carbocycles. The highest BCUT2D eigenvalue weighted by Crippen LogP contribution is 2.41. The van der Waals surface area contributed by atoms with Crippen molar-refractivity contribution in [3.05, 3.63) is 108 Å². The van der Waals surface area contributed by atoms with E-state index in [0.717, 1.165) is 30.4 Å². The molecule has 0 saturated heterocycles. The molecular weight excluding hydrogens is 346 g/mol. The molecule has 0 aromatic heterocycles. The third-order valence-corrected chi connectivity index (χ3v) is 5.50. The molecule has 1 fully saturated rings. The number of carbonyl (C=O) groups excluding carboxylic acids is 1. The van der Waals surface area contributed by atoms with E-state index in [1.165, 1.54) is 5.56 Å². The van der Waals surface area contributed by atoms with Gasteiger partial charge in [-0.1, -0.05) is 91.0 Å². The molecule has 142 valence electrons. The lowest BCUT2D eigenvalue weighted by Gasteiger charge is -2.43. The summed E-state index contributed by atoms with van der Waals surface area (Å²) in [5.41, 5.74) is 3.03. The first kappa shape index (κ1) is 18.5. The Hall–Kier alpha value is -2.91. The second-order valence-corrected chi connectivity index (χ2v) is 7.36. The molecule has 1 N–H and O–H groups in total. The quantitative estimate of drug-likeness (QED) is 0.635. The van der Waals surface area contributed by atoms with Crippen LogP contribution in [0.2, 0.25) is 0 Å². The van der Waals surface area contributed by atoms with Gasteiger partial charge in [-0.2, -0.15) is 0 Å². The SMILES string of the molecule is O=C(COC(c1ccccc1)c1ccccc1)NC1(c2ccccc2)CCC1. The number of ether oxygens (including phenoxy) is 1. The normalized spacial score (nSPS) is 15.0. The van der Waals surface area contributed by atoms with Crippen LogP contribution in [0.4, 0.5) is 0 Å². The lowest BCUT2D eigenvalue weighted by molar-refractivity contribution is -0.130. The molecule has 1 amide bonds. The molecular formula is C25H25NO2. The van der Waals surface area contributed by atoms with Gasteiger partial charge in [-0.3, -0.25) is 4.79 Å². The summed E-state index contributed by atoms with van der Waals surface area (Å²) >= 11 is 0. The van der Waals surface area contributed by atoms with Crippen LogP contribution in [0.25, 0.3) is 0 Å². The van der Waals surface area contributed by atoms with Crippen molar-refractivity contribution in [2.75, 3.05) is 6.61 Å². The molecule has 3 aromatic rings. The van der Waals surface area contributed by atoms with Crippen molar-refractivity contribution in [1.82, 2.24) is 5.32 Å². The molecule has 0 radical (unpaired) electrons. The van der Waals surface area contributed by atoms with E-state index in [4.69, 9.17) is 4.74 Å². The summed E-state index contributed by atoms with van der Waals surface area (Å²) in [5, 5.41) is 3.24. The summed E-state index contributed by atoms with van der Waals surface area (Å²) in [7, 11) is 0. The van der Waals surface area contributed by atoms with Crippen LogP contribution in [-0.2, 0) is 15.1 Å². The molecule has 0 atom stereocenters. The van der Waals surface area contributed by atoms with Crippen molar-refractivity contribution in [2.24, 2.45) is 0 Å². The topological polar surface area (TPSA) is 38.3 Å². The minimum absolute atomic E-state index is 0.0308. The third kappa shape index (κ3) is 4.00. The molecule has 3 aromatic carbocycles. The van der Waals surface area contributed by atoms with Gasteiger partial charge in [0.15, 0.2) is 0 Å². The lowest BCUT2D eigenvalue weighted by Crippen LogP contribution is -2.51. The fourth-order valence-corrected chi connectivity index (χ4v) is 3.88. The third-order valence-electron chi connectivity index (χ3n) is 5.50. The molecule has 0 aliphatic heterocycles. The standard InChI is InChI=1S/C25H25NO2/c27-23(26-25(17-10-18-25)22-15-8-3-9-16-22)19-28-24(20-11-4-1-5-12-20)21-13-6-2-7-14-21/h1-9,11-16,24H,10,17-19H2,(H,26,27). The summed E-state index contributed by atoms with van der Waals surface area (Å²) in [4.78, 5) is 12.8. The van der Waals surface area contributed by atoms with Crippen molar-refractivity contribution in [3.63, 3.8) is 0 Å². The van der Waals surface area contributed by atoms with E-state index >= 15 is 0 Å². The van der Waals surface area contributed by atoms with E-state index in [1.54, 1.807) is 0 Å². The van der Waals surface area contributed by atoms with Crippen LogP contribution >= 0.6 is 0 Å². The molecule has 1 aliphatic rings. The van der Waals surface area contributed by atoms with Crippen LogP contribution in [0.5, 0.6) is 0 Å². The van der Waals surface area contributed by atoms with E-state index < -0.39 is 0 Å². The first-order chi connectivity index (χ1) is 13.8. The van der Waals surface area contributed by atoms with E-state index in [-0.39, 0.29) is 24.2 Å². The Kier molecular flexibility index (Phi) is 5.54. The van der Waals surface area contributed by atoms with E-state index in [2.05, 4.69) is 17.4 Å². The maximum atomic E-state index is 12.8. The van der Waals surface area contributed by atoms with Gasteiger partial charge in [0, 0.05) is 0 Å². The molecule has 3 heteroatoms. The highest BCUT2D eigenvalue weighted by Gasteiger charge is 2.39. The monoisotopic (exact) mass is 371 g/mol. The van der Waals surface area contributed by atoms with Crippen LogP contribution in [0.3, 0.4) is 0 Å². The Morgan fingerprint density at radius 3 is 1.79 bits per heavy atom. The maximum Gasteiger partial charge on any atom is 0.246 e. The Morgan fingerprint density at radius 2 is 1.32 bits per heavy atom. The van der Waals surface area contributed by atoms with Gasteiger partial charge in [0.05, 0.1) is 5.54 Å². The Balaban J connectivity index is 1.46. The fraction of sp³-hybridized carbons (Fsp3) is 0.240. The van der Waals surface area contributed by atoms with Gasteiger partial charge in [0.25, 0.3) is 0 Å². The van der Waals surface area contributed by atoms with Crippen molar-refractivity contribution in [2.45, 2.75) is 30.9 Å². The average Bonchev–Trinajstić information content (AvgIpc) is 2.73. The number of rotatable bonds is 7. The van der Waals surface area contributed by atoms with Crippen LogP contribution in [0.15, 0.2) is 91.0 Å². The average molecular weight is 371 g/mol. The predicted octanol–water partition coefficient (Wildman–Crippen LogP) is 4.99. The second kappa shape index (κ2) is 8.41. The zero-order valence-electron chi connectivity index (χ0n) is 15.9. The minimum atomic E-state index is -0.262. The highest BCUT2D eigenvalue weighted by molar-refractivity contribution is 5.78. The van der Waals surface area contributed by atoms with Gasteiger partial charge >= 0.3 is 0 Å². The number of nitrogens with one attached hydrogen (secondary N) is 1. The molecule has 4 rings (SSSR count). The summed E-state index contributed by atoms with van der Waals surface area (Å²) in [6, 6.07) is 30.3. The first-order valence-electron chi connectivity index (χ1n) is 9.85. The summed E-state index contributed by atoms with van der Waals surface area (Å²) < 4.78 is 6.11. The number of benzene rings is 3. The van der Waals surface area contributed by atoms with Crippen molar-refractivity contribution >= 4 is 5.91 Å². The van der Waals surface area contributed by atoms with E-state index in [9.17, 15) is 4.79 Å². The highest BCUT2D eigenvalue weighted by atomic mass is 16.5. The Labute approximate surface area is 166 Å². The predicted molar refractivity (Wildman–Crippen MR) is 111 cm³/mol. The molecule has 0 spiro atoms. The summed E-state index contributed by atoms with van der Waals surface area (Å²) in [6.45, 7) is 0.0308. The molecule has 0 bridgehead atoms. The van der Waals surface area contributed by atoms with Crippen LogP contribution in [-0.4, -0.2) is 12.5 Å². The smallest absolute Gasteiger partial charge is 0.246 e. The number of hydrogen-bond donors (Lipinski definition) is 1. The summed E-state index contributed by atoms with van der Waals surface area (Å²) in [5.74, 6) is -0.0691. The number of amides is 1. The van der Waals surface area contributed by atoms with Gasteiger partial charge in [-0.15, -0.1) is 0 Å². The molecule has 3 nitrogen and oxygen atoms in total. The van der Waals surface area contributed by atoms with Crippen molar-refractivity contribution < 1.29 is 9.53 Å². The Bertz CT molecular complexity index is 850. The molecule has 1 saturated carbocycles. The van der Waals surface area contributed by atoms with Crippen molar-refractivity contribution in [1.29, 1.82) is 0 Å². The Morgan fingerprint density at radius 1 is 0.821 bits per heavy atom. The van der Waals surface area contributed by atoms with Gasteiger partial charge in [0.2, 0.25) is 5.91 Å². The maximum absolute atomic E-state index is 12.8. The first-order valence-corrected chi connectivity index (χ1v) is 9.85. The zero-order chi connectivity index (χ0) is 19.2. The zero-order valence-corrected chi connectivity index (χ0v) is 15.9. The summed E-state index contributed by atoms with van der Waals surface area (Å²) in [6.07, 6.45) is 2.82. The molecule has 0 unspecified atom stereocenters. The second-order valence-electron chi connectivity index (χ2n) is 7.36. The largest absolute Gasteiger partial charge is 0.359 e. The lowest BCUT2D eigenvalue weighted by atomic mass is 9.72. The molecule has 28 heavy (non-hydrogen) atoms. The van der Waals surface area contributed by atoms with Gasteiger partial charge in [-0.25, -0.2) is 0 Å². The van der Waals surface area contributed by atoms with Gasteiger partial charge in [-0.05, 0) is 36.0 Å². The van der Waals surface area contributed by atoms with Gasteiger partial charge in [0.1, 0.15) is 12.7 Å². The number of carbonyl (C=O) groups is 1. The van der Waals surface area contributed by atoms with E-state index in [1.807, 2.05) is 78.9 Å². The molecule has 0 heterocycles. The fourth-order valence-electron chi connectivity index (χ4n) is 3.88. The van der Waals surface area contributed by atoms with Gasteiger partial charge < -0.3 is 10.1 Å².